The van der Waals surface area contributed by atoms with Crippen molar-refractivity contribution in [1.82, 2.24) is 10.6 Å². The molecule has 0 radical (unpaired) electrons. The highest BCUT2D eigenvalue weighted by Crippen LogP contribution is 2.19. The minimum absolute atomic E-state index is 0.0183. The second-order valence-electron chi connectivity index (χ2n) is 4.77. The van der Waals surface area contributed by atoms with Gasteiger partial charge in [0.2, 0.25) is 5.91 Å². The van der Waals surface area contributed by atoms with E-state index in [4.69, 9.17) is 4.74 Å². The van der Waals surface area contributed by atoms with Crippen LogP contribution in [0.25, 0.3) is 0 Å². The van der Waals surface area contributed by atoms with Gasteiger partial charge in [0.05, 0.1) is 12.1 Å². The molecule has 0 heterocycles. The molecule has 2 N–H and O–H groups in total. The van der Waals surface area contributed by atoms with Crippen LogP contribution in [0.3, 0.4) is 0 Å². The third kappa shape index (κ3) is 5.30. The molecule has 106 valence electrons. The Morgan fingerprint density at radius 3 is 2.58 bits per heavy atom. The number of rotatable bonds is 7. The molecule has 1 aromatic rings. The minimum atomic E-state index is -0.216. The van der Waals surface area contributed by atoms with Crippen molar-refractivity contribution < 1.29 is 9.53 Å². The van der Waals surface area contributed by atoms with Gasteiger partial charge in [0.15, 0.2) is 0 Å². The predicted molar refractivity (Wildman–Crippen MR) is 77.2 cm³/mol. The number of ether oxygens (including phenoxy) is 1. The number of nitrogens with one attached hydrogen (secondary N) is 2. The van der Waals surface area contributed by atoms with Crippen LogP contribution in [-0.4, -0.2) is 24.6 Å². The Balaban J connectivity index is 2.59. The van der Waals surface area contributed by atoms with Crippen LogP contribution in [0.4, 0.5) is 0 Å². The molecule has 0 aliphatic rings. The highest BCUT2D eigenvalue weighted by molar-refractivity contribution is 5.81. The van der Waals surface area contributed by atoms with Gasteiger partial charge in [0.25, 0.3) is 0 Å². The fraction of sp³-hybridized carbons (Fsp3) is 0.533. The summed E-state index contributed by atoms with van der Waals surface area (Å²) in [5.74, 6) is 0.887. The van der Waals surface area contributed by atoms with Gasteiger partial charge >= 0.3 is 0 Å². The molecule has 0 saturated carbocycles. The Morgan fingerprint density at radius 1 is 1.26 bits per heavy atom. The average molecular weight is 264 g/mol. The molecule has 0 aromatic heterocycles. The van der Waals surface area contributed by atoms with E-state index in [1.54, 1.807) is 0 Å². The molecule has 4 nitrogen and oxygen atoms in total. The lowest BCUT2D eigenvalue weighted by Crippen LogP contribution is -2.41. The van der Waals surface area contributed by atoms with E-state index in [1.165, 1.54) is 0 Å². The normalized spacial score (nSPS) is 12.3. The summed E-state index contributed by atoms with van der Waals surface area (Å²) in [6, 6.07) is 7.67. The van der Waals surface area contributed by atoms with E-state index in [0.717, 1.165) is 11.3 Å². The Kier molecular flexibility index (Phi) is 6.36. The number of likely N-dealkylation sites (N-methyl/N-ethyl adjacent to an activating group) is 1. The lowest BCUT2D eigenvalue weighted by atomic mass is 10.2. The maximum atomic E-state index is 11.6. The van der Waals surface area contributed by atoms with Gasteiger partial charge in [-0.15, -0.1) is 0 Å². The summed E-state index contributed by atoms with van der Waals surface area (Å²) < 4.78 is 5.75. The van der Waals surface area contributed by atoms with Crippen molar-refractivity contribution in [1.29, 1.82) is 0 Å². The average Bonchev–Trinajstić information content (AvgIpc) is 2.37. The second kappa shape index (κ2) is 7.79. The first-order chi connectivity index (χ1) is 9.04. The molecule has 0 spiro atoms. The fourth-order valence-electron chi connectivity index (χ4n) is 1.70. The maximum absolute atomic E-state index is 11.6. The number of hydrogen-bond donors (Lipinski definition) is 2. The van der Waals surface area contributed by atoms with Crippen molar-refractivity contribution in [3.63, 3.8) is 0 Å². The first-order valence-electron chi connectivity index (χ1n) is 6.80. The highest BCUT2D eigenvalue weighted by atomic mass is 16.5. The molecule has 1 rings (SSSR count). The van der Waals surface area contributed by atoms with E-state index in [1.807, 2.05) is 52.0 Å². The van der Waals surface area contributed by atoms with Gasteiger partial charge in [-0.3, -0.25) is 4.79 Å². The van der Waals surface area contributed by atoms with E-state index in [9.17, 15) is 4.79 Å². The molecule has 1 atom stereocenters. The van der Waals surface area contributed by atoms with E-state index >= 15 is 0 Å². The van der Waals surface area contributed by atoms with Gasteiger partial charge in [-0.25, -0.2) is 0 Å². The van der Waals surface area contributed by atoms with Gasteiger partial charge < -0.3 is 15.4 Å². The van der Waals surface area contributed by atoms with Crippen LogP contribution in [-0.2, 0) is 11.3 Å². The first-order valence-corrected chi connectivity index (χ1v) is 6.80. The number of hydrogen-bond acceptors (Lipinski definition) is 3. The number of carbonyl (C=O) groups excluding carboxylic acids is 1. The smallest absolute Gasteiger partial charge is 0.236 e. The molecule has 1 amide bonds. The van der Waals surface area contributed by atoms with Gasteiger partial charge in [0, 0.05) is 18.7 Å². The van der Waals surface area contributed by atoms with Gasteiger partial charge in [-0.05, 0) is 33.8 Å². The number of para-hydroxylation sites is 1. The third-order valence-corrected chi connectivity index (χ3v) is 2.68. The van der Waals surface area contributed by atoms with E-state index in [-0.39, 0.29) is 18.1 Å². The third-order valence-electron chi connectivity index (χ3n) is 2.68. The topological polar surface area (TPSA) is 50.4 Å². The Hall–Kier alpha value is -1.55. The zero-order valence-corrected chi connectivity index (χ0v) is 12.2. The van der Waals surface area contributed by atoms with Crippen LogP contribution in [0, 0.1) is 0 Å². The van der Waals surface area contributed by atoms with E-state index in [2.05, 4.69) is 10.6 Å². The molecule has 1 unspecified atom stereocenters. The summed E-state index contributed by atoms with van der Waals surface area (Å²) >= 11 is 0. The Morgan fingerprint density at radius 2 is 1.95 bits per heavy atom. The number of carbonyl (C=O) groups is 1. The fourth-order valence-corrected chi connectivity index (χ4v) is 1.70. The molecule has 1 aromatic carbocycles. The summed E-state index contributed by atoms with van der Waals surface area (Å²) in [7, 11) is 0. The summed E-state index contributed by atoms with van der Waals surface area (Å²) in [6.45, 7) is 9.04. The highest BCUT2D eigenvalue weighted by Gasteiger charge is 2.12. The predicted octanol–water partition coefficient (Wildman–Crippen LogP) is 2.09. The molecule has 0 bridgehead atoms. The molecule has 4 heteroatoms. The largest absolute Gasteiger partial charge is 0.491 e. The van der Waals surface area contributed by atoms with Crippen molar-refractivity contribution in [2.24, 2.45) is 0 Å². The van der Waals surface area contributed by atoms with Crippen molar-refractivity contribution in [3.8, 4) is 5.75 Å². The Bertz CT molecular complexity index is 405. The van der Waals surface area contributed by atoms with Crippen molar-refractivity contribution >= 4 is 5.91 Å². The molecule has 0 saturated heterocycles. The maximum Gasteiger partial charge on any atom is 0.236 e. The molecular formula is C15H24N2O2. The van der Waals surface area contributed by atoms with Crippen molar-refractivity contribution in [2.75, 3.05) is 6.54 Å². The molecular weight excluding hydrogens is 240 g/mol. The standard InChI is InChI=1S/C15H24N2O2/c1-5-16-15(18)12(4)17-10-13-8-6-7-9-14(13)19-11(2)3/h6-9,11-12,17H,5,10H2,1-4H3,(H,16,18). The zero-order valence-electron chi connectivity index (χ0n) is 12.2. The summed E-state index contributed by atoms with van der Waals surface area (Å²) in [4.78, 5) is 11.6. The van der Waals surface area contributed by atoms with Crippen molar-refractivity contribution in [3.05, 3.63) is 29.8 Å². The van der Waals surface area contributed by atoms with Crippen molar-refractivity contribution in [2.45, 2.75) is 46.4 Å². The van der Waals surface area contributed by atoms with Gasteiger partial charge in [-0.2, -0.15) is 0 Å². The lowest BCUT2D eigenvalue weighted by Gasteiger charge is -2.17. The van der Waals surface area contributed by atoms with Crippen LogP contribution >= 0.6 is 0 Å². The molecule has 0 aliphatic carbocycles. The second-order valence-corrected chi connectivity index (χ2v) is 4.77. The molecule has 0 fully saturated rings. The monoisotopic (exact) mass is 264 g/mol. The van der Waals surface area contributed by atoms with Crippen LogP contribution in [0.5, 0.6) is 5.75 Å². The van der Waals surface area contributed by atoms with Crippen LogP contribution in [0.2, 0.25) is 0 Å². The van der Waals surface area contributed by atoms with E-state index in [0.29, 0.717) is 13.1 Å². The Labute approximate surface area is 115 Å². The lowest BCUT2D eigenvalue weighted by molar-refractivity contribution is -0.122. The minimum Gasteiger partial charge on any atom is -0.491 e. The molecule has 0 aliphatic heterocycles. The van der Waals surface area contributed by atoms with Gasteiger partial charge in [0.1, 0.15) is 5.75 Å². The SMILES string of the molecule is CCNC(=O)C(C)NCc1ccccc1OC(C)C. The first kappa shape index (κ1) is 15.5. The van der Waals surface area contributed by atoms with Gasteiger partial charge in [-0.1, -0.05) is 18.2 Å². The molecule has 19 heavy (non-hydrogen) atoms. The number of benzene rings is 1. The number of amides is 1. The summed E-state index contributed by atoms with van der Waals surface area (Å²) in [5, 5.41) is 6.00. The van der Waals surface area contributed by atoms with Crippen LogP contribution in [0.15, 0.2) is 24.3 Å². The summed E-state index contributed by atoms with van der Waals surface area (Å²) in [5.41, 5.74) is 1.06. The summed E-state index contributed by atoms with van der Waals surface area (Å²) in [6.07, 6.45) is 0.141. The zero-order chi connectivity index (χ0) is 14.3. The van der Waals surface area contributed by atoms with Crippen LogP contribution in [0.1, 0.15) is 33.3 Å². The quantitative estimate of drug-likeness (QED) is 0.793. The van der Waals surface area contributed by atoms with Crippen LogP contribution < -0.4 is 15.4 Å². The van der Waals surface area contributed by atoms with E-state index < -0.39 is 0 Å².